The number of furan rings is 1. The van der Waals surface area contributed by atoms with E-state index in [9.17, 15) is 0 Å². The maximum atomic E-state index is 6.47. The maximum absolute atomic E-state index is 6.47. The van der Waals surface area contributed by atoms with Crippen LogP contribution in [0.4, 0.5) is 0 Å². The summed E-state index contributed by atoms with van der Waals surface area (Å²) in [4.78, 5) is 2.40. The molecule has 0 N–H and O–H groups in total. The first-order chi connectivity index (χ1) is 16.3. The summed E-state index contributed by atoms with van der Waals surface area (Å²) >= 11 is 0. The molecule has 1 aromatic heterocycles. The number of hydrogen-bond donors (Lipinski definition) is 0. The van der Waals surface area contributed by atoms with E-state index in [0.29, 0.717) is 0 Å². The van der Waals surface area contributed by atoms with E-state index in [-0.39, 0.29) is 6.23 Å². The molecule has 3 heteroatoms. The van der Waals surface area contributed by atoms with Crippen LogP contribution in [0.25, 0.3) is 44.2 Å². The molecule has 33 heavy (non-hydrogen) atoms. The van der Waals surface area contributed by atoms with Crippen LogP contribution in [0.2, 0.25) is 0 Å². The number of benzene rings is 4. The minimum Gasteiger partial charge on any atom is -0.475 e. The Hall–Kier alpha value is -3.56. The molecule has 1 unspecified atom stereocenters. The Bertz CT molecular complexity index is 1400. The van der Waals surface area contributed by atoms with Gasteiger partial charge in [-0.15, -0.1) is 0 Å². The van der Waals surface area contributed by atoms with Crippen LogP contribution in [-0.2, 0) is 0 Å². The summed E-state index contributed by atoms with van der Waals surface area (Å²) in [7, 11) is 0. The molecule has 0 amide bonds. The minimum absolute atomic E-state index is 0.0944. The number of likely N-dealkylation sites (tertiary alicyclic amines) is 1. The standard InChI is InChI=1S/C30H27NO2/c1-21(31-19-7-8-20-31)32-25-16-13-23(14-17-25)28-29-26-12-6-5-9-22(26)15-18-27(29)33-30(28)24-10-3-2-4-11-24/h2-6,9-18,21H,7-8,19-20H2,1H3. The predicted molar refractivity (Wildman–Crippen MR) is 135 cm³/mol. The van der Waals surface area contributed by atoms with Crippen LogP contribution in [0.5, 0.6) is 5.75 Å². The van der Waals surface area contributed by atoms with Crippen molar-refractivity contribution in [1.82, 2.24) is 4.90 Å². The Morgan fingerprint density at radius 1 is 0.758 bits per heavy atom. The summed E-state index contributed by atoms with van der Waals surface area (Å²) in [5, 5.41) is 3.58. The summed E-state index contributed by atoms with van der Waals surface area (Å²) in [6.07, 6.45) is 2.62. The summed E-state index contributed by atoms with van der Waals surface area (Å²) in [5.41, 5.74) is 4.25. The predicted octanol–water partition coefficient (Wildman–Crippen LogP) is 7.74. The highest BCUT2D eigenvalue weighted by atomic mass is 16.5. The van der Waals surface area contributed by atoms with E-state index in [1.54, 1.807) is 0 Å². The zero-order chi connectivity index (χ0) is 22.2. The normalized spacial score (nSPS) is 15.3. The van der Waals surface area contributed by atoms with Crippen LogP contribution < -0.4 is 4.74 Å². The van der Waals surface area contributed by atoms with E-state index in [0.717, 1.165) is 52.3 Å². The molecule has 1 aliphatic heterocycles. The fourth-order valence-electron chi connectivity index (χ4n) is 5.01. The van der Waals surface area contributed by atoms with Gasteiger partial charge in [-0.05, 0) is 54.3 Å². The van der Waals surface area contributed by atoms with Crippen LogP contribution in [0.15, 0.2) is 95.4 Å². The molecule has 1 atom stereocenters. The second-order valence-corrected chi connectivity index (χ2v) is 8.82. The lowest BCUT2D eigenvalue weighted by Crippen LogP contribution is -2.34. The molecule has 5 aromatic rings. The van der Waals surface area contributed by atoms with Crippen molar-refractivity contribution in [1.29, 1.82) is 0 Å². The Balaban J connectivity index is 1.47. The molecule has 1 saturated heterocycles. The van der Waals surface area contributed by atoms with E-state index in [4.69, 9.17) is 9.15 Å². The fourth-order valence-corrected chi connectivity index (χ4v) is 5.01. The van der Waals surface area contributed by atoms with Crippen molar-refractivity contribution in [3.8, 4) is 28.2 Å². The highest BCUT2D eigenvalue weighted by Gasteiger charge is 2.21. The highest BCUT2D eigenvalue weighted by Crippen LogP contribution is 2.44. The van der Waals surface area contributed by atoms with Gasteiger partial charge in [-0.25, -0.2) is 0 Å². The van der Waals surface area contributed by atoms with Crippen LogP contribution in [0, 0.1) is 0 Å². The van der Waals surface area contributed by atoms with Crippen LogP contribution in [0.3, 0.4) is 0 Å². The van der Waals surface area contributed by atoms with E-state index in [1.165, 1.54) is 23.6 Å². The molecule has 0 spiro atoms. The molecule has 0 radical (unpaired) electrons. The van der Waals surface area contributed by atoms with Gasteiger partial charge in [0.2, 0.25) is 0 Å². The number of rotatable bonds is 5. The lowest BCUT2D eigenvalue weighted by Gasteiger charge is -2.24. The van der Waals surface area contributed by atoms with Gasteiger partial charge in [-0.2, -0.15) is 0 Å². The molecule has 0 bridgehead atoms. The van der Waals surface area contributed by atoms with E-state index < -0.39 is 0 Å². The molecule has 1 aliphatic rings. The van der Waals surface area contributed by atoms with Gasteiger partial charge in [-0.1, -0.05) is 72.8 Å². The first-order valence-corrected chi connectivity index (χ1v) is 11.8. The average molecular weight is 434 g/mol. The first kappa shape index (κ1) is 20.1. The van der Waals surface area contributed by atoms with Gasteiger partial charge in [0.05, 0.1) is 0 Å². The number of ether oxygens (including phenoxy) is 1. The van der Waals surface area contributed by atoms with Gasteiger partial charge >= 0.3 is 0 Å². The zero-order valence-corrected chi connectivity index (χ0v) is 18.8. The highest BCUT2D eigenvalue weighted by molar-refractivity contribution is 6.16. The van der Waals surface area contributed by atoms with Crippen molar-refractivity contribution in [3.63, 3.8) is 0 Å². The Morgan fingerprint density at radius 2 is 1.48 bits per heavy atom. The van der Waals surface area contributed by atoms with Crippen molar-refractivity contribution in [2.45, 2.75) is 26.0 Å². The minimum atomic E-state index is 0.0944. The van der Waals surface area contributed by atoms with Crippen molar-refractivity contribution in [2.75, 3.05) is 13.1 Å². The third kappa shape index (κ3) is 3.69. The molecule has 0 saturated carbocycles. The molecular weight excluding hydrogens is 406 g/mol. The molecule has 6 rings (SSSR count). The monoisotopic (exact) mass is 433 g/mol. The molecule has 1 fully saturated rings. The van der Waals surface area contributed by atoms with Gasteiger partial charge in [0.25, 0.3) is 0 Å². The SMILES string of the molecule is CC(Oc1ccc(-c2c(-c3ccccc3)oc3ccc4ccccc4c23)cc1)N1CCCC1. The van der Waals surface area contributed by atoms with Gasteiger partial charge in [-0.3, -0.25) is 4.90 Å². The number of nitrogens with zero attached hydrogens (tertiary/aromatic N) is 1. The van der Waals surface area contributed by atoms with E-state index in [2.05, 4.69) is 96.8 Å². The fraction of sp³-hybridized carbons (Fsp3) is 0.200. The third-order valence-electron chi connectivity index (χ3n) is 6.72. The van der Waals surface area contributed by atoms with E-state index in [1.807, 2.05) is 6.07 Å². The van der Waals surface area contributed by atoms with Gasteiger partial charge in [0.1, 0.15) is 23.3 Å². The second-order valence-electron chi connectivity index (χ2n) is 8.82. The van der Waals surface area contributed by atoms with Crippen molar-refractivity contribution in [2.24, 2.45) is 0 Å². The topological polar surface area (TPSA) is 25.6 Å². The Labute approximate surface area is 194 Å². The molecular formula is C30H27NO2. The molecule has 164 valence electrons. The largest absolute Gasteiger partial charge is 0.475 e. The summed E-state index contributed by atoms with van der Waals surface area (Å²) in [6, 6.07) is 31.6. The van der Waals surface area contributed by atoms with Crippen LogP contribution in [0.1, 0.15) is 19.8 Å². The summed E-state index contributed by atoms with van der Waals surface area (Å²) in [6.45, 7) is 4.38. The van der Waals surface area contributed by atoms with E-state index >= 15 is 0 Å². The van der Waals surface area contributed by atoms with Crippen molar-refractivity contribution >= 4 is 21.7 Å². The van der Waals surface area contributed by atoms with Crippen molar-refractivity contribution in [3.05, 3.63) is 91.0 Å². The van der Waals surface area contributed by atoms with Crippen LogP contribution >= 0.6 is 0 Å². The maximum Gasteiger partial charge on any atom is 0.149 e. The summed E-state index contributed by atoms with van der Waals surface area (Å²) in [5.74, 6) is 1.80. The van der Waals surface area contributed by atoms with Gasteiger partial charge in [0.15, 0.2) is 0 Å². The third-order valence-corrected chi connectivity index (χ3v) is 6.72. The molecule has 3 nitrogen and oxygen atoms in total. The zero-order valence-electron chi connectivity index (χ0n) is 18.8. The average Bonchev–Trinajstić information content (AvgIpc) is 3.54. The molecule has 2 heterocycles. The first-order valence-electron chi connectivity index (χ1n) is 11.8. The lowest BCUT2D eigenvalue weighted by atomic mass is 9.95. The van der Waals surface area contributed by atoms with Crippen LogP contribution in [-0.4, -0.2) is 24.2 Å². The number of fused-ring (bicyclic) bond motifs is 3. The van der Waals surface area contributed by atoms with Gasteiger partial charge < -0.3 is 9.15 Å². The Morgan fingerprint density at radius 3 is 2.27 bits per heavy atom. The smallest absolute Gasteiger partial charge is 0.149 e. The number of hydrogen-bond acceptors (Lipinski definition) is 3. The Kier molecular flexibility index (Phi) is 5.12. The molecule has 0 aliphatic carbocycles. The second kappa shape index (κ2) is 8.42. The summed E-state index contributed by atoms with van der Waals surface area (Å²) < 4.78 is 12.7. The quantitative estimate of drug-likeness (QED) is 0.283. The lowest BCUT2D eigenvalue weighted by molar-refractivity contribution is 0.0592. The molecule has 4 aromatic carbocycles. The van der Waals surface area contributed by atoms with Crippen molar-refractivity contribution < 1.29 is 9.15 Å². The van der Waals surface area contributed by atoms with Gasteiger partial charge in [0, 0.05) is 29.6 Å².